The second-order valence-corrected chi connectivity index (χ2v) is 8.51. The van der Waals surface area contributed by atoms with Gasteiger partial charge in [-0.25, -0.2) is 8.42 Å². The molecule has 0 aliphatic heterocycles. The lowest BCUT2D eigenvalue weighted by Gasteiger charge is -2.12. The van der Waals surface area contributed by atoms with Crippen LogP contribution in [0.5, 0.6) is 11.5 Å². The number of para-hydroxylation sites is 2. The third-order valence-electron chi connectivity index (χ3n) is 4.23. The molecule has 31 heavy (non-hydrogen) atoms. The maximum atomic E-state index is 12.6. The quantitative estimate of drug-likeness (QED) is 0.471. The number of carbonyl (C=O) groups is 1. The number of halogens is 1. The normalized spacial score (nSPS) is 10.9. The number of anilines is 1. The molecule has 1 amide bonds. The molecule has 9 heteroatoms. The molecule has 0 saturated heterocycles. The van der Waals surface area contributed by atoms with Crippen LogP contribution in [0.25, 0.3) is 0 Å². The Morgan fingerprint density at radius 3 is 2.45 bits per heavy atom. The van der Waals surface area contributed by atoms with Crippen molar-refractivity contribution >= 4 is 33.2 Å². The van der Waals surface area contributed by atoms with Crippen molar-refractivity contribution in [1.29, 1.82) is 0 Å². The lowest BCUT2D eigenvalue weighted by Crippen LogP contribution is -2.28. The molecule has 0 atom stereocenters. The number of sulfonamides is 1. The lowest BCUT2D eigenvalue weighted by molar-refractivity contribution is 0.0947. The summed E-state index contributed by atoms with van der Waals surface area (Å²) in [6, 6.07) is 19.3. The summed E-state index contributed by atoms with van der Waals surface area (Å²) in [6.07, 6.45) is 0. The highest BCUT2D eigenvalue weighted by atomic mass is 35.5. The van der Waals surface area contributed by atoms with E-state index in [-0.39, 0.29) is 24.0 Å². The average Bonchev–Trinajstić information content (AvgIpc) is 2.77. The zero-order valence-corrected chi connectivity index (χ0v) is 18.2. The zero-order valence-electron chi connectivity index (χ0n) is 16.7. The lowest BCUT2D eigenvalue weighted by atomic mass is 10.2. The van der Waals surface area contributed by atoms with E-state index in [0.29, 0.717) is 27.8 Å². The van der Waals surface area contributed by atoms with Gasteiger partial charge >= 0.3 is 0 Å². The minimum atomic E-state index is -3.84. The van der Waals surface area contributed by atoms with Crippen molar-refractivity contribution in [3.63, 3.8) is 0 Å². The van der Waals surface area contributed by atoms with E-state index < -0.39 is 10.0 Å². The smallest absolute Gasteiger partial charge is 0.262 e. The Labute approximate surface area is 186 Å². The van der Waals surface area contributed by atoms with Crippen molar-refractivity contribution < 1.29 is 22.7 Å². The first-order chi connectivity index (χ1) is 14.9. The Bertz CT molecular complexity index is 1150. The van der Waals surface area contributed by atoms with Crippen LogP contribution in [-0.2, 0) is 10.0 Å². The van der Waals surface area contributed by atoms with Crippen LogP contribution in [0.2, 0.25) is 5.02 Å². The molecule has 2 N–H and O–H groups in total. The number of hydrogen-bond donors (Lipinski definition) is 2. The summed E-state index contributed by atoms with van der Waals surface area (Å²) in [7, 11) is -2.38. The van der Waals surface area contributed by atoms with Gasteiger partial charge in [0.05, 0.1) is 24.2 Å². The highest BCUT2D eigenvalue weighted by Gasteiger charge is 2.17. The number of carbonyl (C=O) groups excluding carboxylic acids is 1. The van der Waals surface area contributed by atoms with E-state index in [1.165, 1.54) is 31.4 Å². The Kier molecular flexibility index (Phi) is 7.38. The average molecular weight is 461 g/mol. The molecule has 7 nitrogen and oxygen atoms in total. The maximum absolute atomic E-state index is 12.6. The molecule has 162 valence electrons. The maximum Gasteiger partial charge on any atom is 0.262 e. The first-order valence-corrected chi connectivity index (χ1v) is 11.2. The molecule has 3 aromatic carbocycles. The molecule has 0 aliphatic rings. The van der Waals surface area contributed by atoms with E-state index in [1.54, 1.807) is 48.5 Å². The number of rotatable bonds is 9. The van der Waals surface area contributed by atoms with Crippen LogP contribution in [0, 0.1) is 0 Å². The van der Waals surface area contributed by atoms with Gasteiger partial charge in [-0.3, -0.25) is 9.52 Å². The van der Waals surface area contributed by atoms with E-state index in [2.05, 4.69) is 10.0 Å². The zero-order chi connectivity index (χ0) is 22.3. The molecule has 0 unspecified atom stereocenters. The molecule has 0 aromatic heterocycles. The number of benzene rings is 3. The molecule has 0 radical (unpaired) electrons. The van der Waals surface area contributed by atoms with Gasteiger partial charge in [-0.1, -0.05) is 29.8 Å². The Balaban J connectivity index is 1.56. The Hall–Kier alpha value is -3.23. The summed E-state index contributed by atoms with van der Waals surface area (Å²) in [6.45, 7) is 0.544. The summed E-state index contributed by atoms with van der Waals surface area (Å²) < 4.78 is 38.4. The summed E-state index contributed by atoms with van der Waals surface area (Å²) >= 11 is 5.89. The largest absolute Gasteiger partial charge is 0.495 e. The fourth-order valence-corrected chi connectivity index (χ4v) is 3.96. The summed E-state index contributed by atoms with van der Waals surface area (Å²) in [4.78, 5) is 12.3. The van der Waals surface area contributed by atoms with Crippen LogP contribution < -0.4 is 19.5 Å². The molecule has 0 spiro atoms. The summed E-state index contributed by atoms with van der Waals surface area (Å²) in [5, 5.41) is 3.28. The van der Waals surface area contributed by atoms with Gasteiger partial charge < -0.3 is 14.8 Å². The summed E-state index contributed by atoms with van der Waals surface area (Å²) in [5.41, 5.74) is 0.658. The summed E-state index contributed by atoms with van der Waals surface area (Å²) in [5.74, 6) is 0.678. The van der Waals surface area contributed by atoms with Crippen LogP contribution in [0.15, 0.2) is 77.7 Å². The van der Waals surface area contributed by atoms with Gasteiger partial charge in [0.1, 0.15) is 18.1 Å². The fraction of sp³-hybridized carbons (Fsp3) is 0.136. The second-order valence-electron chi connectivity index (χ2n) is 6.39. The molecule has 3 aromatic rings. The van der Waals surface area contributed by atoms with Gasteiger partial charge in [0.25, 0.3) is 15.9 Å². The molecule has 0 heterocycles. The van der Waals surface area contributed by atoms with Gasteiger partial charge in [0.15, 0.2) is 0 Å². The van der Waals surface area contributed by atoms with Crippen LogP contribution in [-0.4, -0.2) is 34.6 Å². The number of ether oxygens (including phenoxy) is 2. The first-order valence-electron chi connectivity index (χ1n) is 9.31. The molecule has 0 fully saturated rings. The highest BCUT2D eigenvalue weighted by molar-refractivity contribution is 7.92. The molecular weight excluding hydrogens is 440 g/mol. The number of nitrogens with one attached hydrogen (secondary N) is 2. The van der Waals surface area contributed by atoms with Crippen LogP contribution in [0.3, 0.4) is 0 Å². The second kappa shape index (κ2) is 10.2. The SMILES string of the molecule is COc1ccccc1NS(=O)(=O)c1ccc(C(=O)NCCOc2cccc(Cl)c2)cc1. The third-order valence-corrected chi connectivity index (χ3v) is 5.85. The highest BCUT2D eigenvalue weighted by Crippen LogP contribution is 2.26. The Morgan fingerprint density at radius 1 is 1.00 bits per heavy atom. The van der Waals surface area contributed by atoms with Gasteiger partial charge in [-0.05, 0) is 54.6 Å². The number of hydrogen-bond acceptors (Lipinski definition) is 5. The van der Waals surface area contributed by atoms with Crippen molar-refractivity contribution in [1.82, 2.24) is 5.32 Å². The van der Waals surface area contributed by atoms with E-state index in [9.17, 15) is 13.2 Å². The third kappa shape index (κ3) is 6.13. The fourth-order valence-electron chi connectivity index (χ4n) is 2.71. The van der Waals surface area contributed by atoms with E-state index in [4.69, 9.17) is 21.1 Å². The van der Waals surface area contributed by atoms with Crippen LogP contribution in [0.4, 0.5) is 5.69 Å². The van der Waals surface area contributed by atoms with Gasteiger partial charge in [0.2, 0.25) is 0 Å². The topological polar surface area (TPSA) is 93.7 Å². The predicted molar refractivity (Wildman–Crippen MR) is 120 cm³/mol. The van der Waals surface area contributed by atoms with Crippen LogP contribution in [0.1, 0.15) is 10.4 Å². The van der Waals surface area contributed by atoms with Crippen molar-refractivity contribution in [2.45, 2.75) is 4.90 Å². The van der Waals surface area contributed by atoms with E-state index in [1.807, 2.05) is 0 Å². The van der Waals surface area contributed by atoms with Gasteiger partial charge in [-0.2, -0.15) is 0 Å². The van der Waals surface area contributed by atoms with Crippen LogP contribution >= 0.6 is 11.6 Å². The molecule has 0 saturated carbocycles. The van der Waals surface area contributed by atoms with Gasteiger partial charge in [0, 0.05) is 10.6 Å². The predicted octanol–water partition coefficient (Wildman–Crippen LogP) is 3.96. The minimum Gasteiger partial charge on any atom is -0.495 e. The molecule has 0 bridgehead atoms. The number of amides is 1. The van der Waals surface area contributed by atoms with E-state index >= 15 is 0 Å². The standard InChI is InChI=1S/C22H21ClN2O5S/c1-29-21-8-3-2-7-20(21)25-31(27,28)19-11-9-16(10-12-19)22(26)24-13-14-30-18-6-4-5-17(23)15-18/h2-12,15,25H,13-14H2,1H3,(H,24,26). The van der Waals surface area contributed by atoms with Crippen molar-refractivity contribution in [2.75, 3.05) is 25.0 Å². The van der Waals surface area contributed by atoms with Crippen molar-refractivity contribution in [3.05, 3.63) is 83.4 Å². The van der Waals surface area contributed by atoms with Gasteiger partial charge in [-0.15, -0.1) is 0 Å². The first kappa shape index (κ1) is 22.5. The monoisotopic (exact) mass is 460 g/mol. The molecular formula is C22H21ClN2O5S. The molecule has 0 aliphatic carbocycles. The minimum absolute atomic E-state index is 0.0271. The molecule has 3 rings (SSSR count). The van der Waals surface area contributed by atoms with Crippen molar-refractivity contribution in [2.24, 2.45) is 0 Å². The number of methoxy groups -OCH3 is 1. The van der Waals surface area contributed by atoms with E-state index in [0.717, 1.165) is 0 Å². The van der Waals surface area contributed by atoms with Crippen molar-refractivity contribution in [3.8, 4) is 11.5 Å². The Morgan fingerprint density at radius 2 is 1.74 bits per heavy atom.